The molecule has 1 aromatic carbocycles. The first-order chi connectivity index (χ1) is 17.9. The Hall–Kier alpha value is -3.16. The number of carbonyl (C=O) groups is 1. The zero-order chi connectivity index (χ0) is 27.5. The Labute approximate surface area is 217 Å². The number of nitrogens with two attached hydrogens (primary N) is 1. The van der Waals surface area contributed by atoms with Crippen LogP contribution < -0.4 is 15.3 Å². The number of anilines is 1. The second kappa shape index (κ2) is 9.24. The Balaban J connectivity index is 1.39. The molecule has 3 heterocycles. The third kappa shape index (κ3) is 4.31. The molecule has 38 heavy (non-hydrogen) atoms. The van der Waals surface area contributed by atoms with Crippen LogP contribution in [-0.4, -0.2) is 66.2 Å². The van der Waals surface area contributed by atoms with Crippen molar-refractivity contribution in [1.82, 2.24) is 24.6 Å². The van der Waals surface area contributed by atoms with Gasteiger partial charge in [-0.1, -0.05) is 18.2 Å². The normalized spacial score (nSPS) is 30.6. The SMILES string of the molecule is CC(C)OC(=O)[C@H](C)N[P@@](=O)(Oc1ccccc1)OC1[C@H]2O[C@@H](n3cnc4c(N)ncnc43)[C@](C)(F)[C@@]12O. The molecule has 2 aromatic heterocycles. The Morgan fingerprint density at radius 2 is 1.97 bits per heavy atom. The number of aromatic nitrogens is 4. The number of nitrogen functional groups attached to an aromatic ring is 1. The van der Waals surface area contributed by atoms with Gasteiger partial charge in [0.1, 0.15) is 35.8 Å². The number of carbonyl (C=O) groups excluding carboxylic acids is 1. The molecule has 1 aliphatic carbocycles. The molecule has 0 spiro atoms. The smallest absolute Gasteiger partial charge is 0.459 e. The van der Waals surface area contributed by atoms with Gasteiger partial charge in [0.15, 0.2) is 29.0 Å². The van der Waals surface area contributed by atoms with E-state index >= 15 is 4.39 Å². The summed E-state index contributed by atoms with van der Waals surface area (Å²) in [5.41, 5.74) is 1.64. The maximum Gasteiger partial charge on any atom is 0.459 e. The van der Waals surface area contributed by atoms with Gasteiger partial charge in [0, 0.05) is 0 Å². The van der Waals surface area contributed by atoms with Crippen molar-refractivity contribution >= 4 is 30.7 Å². The van der Waals surface area contributed by atoms with Crippen LogP contribution in [0.25, 0.3) is 11.2 Å². The van der Waals surface area contributed by atoms with Gasteiger partial charge in [-0.3, -0.25) is 13.9 Å². The number of aliphatic hydroxyl groups is 1. The molecule has 0 radical (unpaired) electrons. The van der Waals surface area contributed by atoms with Crippen molar-refractivity contribution in [3.05, 3.63) is 43.0 Å². The van der Waals surface area contributed by atoms with Crippen molar-refractivity contribution in [2.24, 2.45) is 0 Å². The molecule has 1 aliphatic heterocycles. The number of ether oxygens (including phenoxy) is 2. The van der Waals surface area contributed by atoms with Crippen LogP contribution in [0.3, 0.4) is 0 Å². The summed E-state index contributed by atoms with van der Waals surface area (Å²) in [6, 6.07) is 6.96. The minimum atomic E-state index is -4.38. The second-order valence-electron chi connectivity index (χ2n) is 9.66. The number of para-hydroxylation sites is 1. The predicted octanol–water partition coefficient (Wildman–Crippen LogP) is 2.28. The first kappa shape index (κ1) is 26.4. The number of halogens is 1. The van der Waals surface area contributed by atoms with Crippen molar-refractivity contribution in [2.75, 3.05) is 5.73 Å². The molecule has 4 N–H and O–H groups in total. The molecule has 7 atom stereocenters. The van der Waals surface area contributed by atoms with E-state index in [4.69, 9.17) is 24.3 Å². The molecule has 5 rings (SSSR count). The van der Waals surface area contributed by atoms with E-state index in [1.54, 1.807) is 32.0 Å². The lowest BCUT2D eigenvalue weighted by Gasteiger charge is -2.31. The number of esters is 1. The fourth-order valence-electron chi connectivity index (χ4n) is 4.49. The van der Waals surface area contributed by atoms with E-state index in [-0.39, 0.29) is 22.7 Å². The van der Waals surface area contributed by atoms with Crippen molar-refractivity contribution in [3.8, 4) is 5.75 Å². The van der Waals surface area contributed by atoms with Crippen LogP contribution in [0, 0.1) is 0 Å². The third-order valence-corrected chi connectivity index (χ3v) is 8.13. The summed E-state index contributed by atoms with van der Waals surface area (Å²) in [6.45, 7) is 5.89. The number of fused-ring (bicyclic) bond motifs is 2. The zero-order valence-electron chi connectivity index (χ0n) is 21.0. The number of benzene rings is 1. The molecule has 2 fully saturated rings. The molecule has 3 aromatic rings. The van der Waals surface area contributed by atoms with E-state index in [9.17, 15) is 14.5 Å². The predicted molar refractivity (Wildman–Crippen MR) is 131 cm³/mol. The first-order valence-electron chi connectivity index (χ1n) is 11.9. The zero-order valence-corrected chi connectivity index (χ0v) is 21.9. The van der Waals surface area contributed by atoms with E-state index < -0.39 is 55.6 Å². The Morgan fingerprint density at radius 1 is 1.26 bits per heavy atom. The van der Waals surface area contributed by atoms with Gasteiger partial charge in [-0.05, 0) is 39.8 Å². The minimum absolute atomic E-state index is 0.104. The number of alkyl halides is 1. The second-order valence-corrected chi connectivity index (χ2v) is 11.3. The lowest BCUT2D eigenvalue weighted by atomic mass is 9.97. The molecule has 1 unspecified atom stereocenters. The van der Waals surface area contributed by atoms with Crippen molar-refractivity contribution in [2.45, 2.75) is 69.5 Å². The topological polar surface area (TPSA) is 173 Å². The van der Waals surface area contributed by atoms with Gasteiger partial charge in [-0.25, -0.2) is 23.9 Å². The van der Waals surface area contributed by atoms with E-state index in [1.807, 2.05) is 0 Å². The average Bonchev–Trinajstić information content (AvgIpc) is 3.12. The van der Waals surface area contributed by atoms with Crippen LogP contribution in [0.5, 0.6) is 5.75 Å². The van der Waals surface area contributed by atoms with E-state index in [0.717, 1.165) is 6.92 Å². The fourth-order valence-corrected chi connectivity index (χ4v) is 6.19. The molecule has 0 amide bonds. The van der Waals surface area contributed by atoms with Crippen LogP contribution in [0.4, 0.5) is 10.2 Å². The van der Waals surface area contributed by atoms with Gasteiger partial charge < -0.3 is 24.8 Å². The summed E-state index contributed by atoms with van der Waals surface area (Å²) in [4.78, 5) is 24.5. The number of rotatable bonds is 9. The maximum atomic E-state index is 16.3. The van der Waals surface area contributed by atoms with Crippen molar-refractivity contribution in [3.63, 3.8) is 0 Å². The molecule has 13 nitrogen and oxygen atoms in total. The highest BCUT2D eigenvalue weighted by molar-refractivity contribution is 7.52. The minimum Gasteiger partial charge on any atom is -0.462 e. The lowest BCUT2D eigenvalue weighted by Crippen LogP contribution is -2.45. The first-order valence-corrected chi connectivity index (χ1v) is 13.4. The largest absolute Gasteiger partial charge is 0.462 e. The standard InChI is InChI=1S/C23H28FN6O7P/c1-12(2)34-20(31)13(3)29-38(33,36-14-8-6-5-7-9-14)37-17-16-23(17,32)22(4,24)21(35-16)30-11-28-15-18(25)26-10-27-19(15)30/h5-13,16-17,21,32H,1-4H3,(H,29,33)(H2,25,26,27)/t13-,16+,17?,21+,22-,23-,38+/m0/s1. The lowest BCUT2D eigenvalue weighted by molar-refractivity contribution is -0.149. The quantitative estimate of drug-likeness (QED) is 0.262. The Kier molecular flexibility index (Phi) is 6.43. The highest BCUT2D eigenvalue weighted by Crippen LogP contribution is 2.66. The van der Waals surface area contributed by atoms with Gasteiger partial charge in [0.2, 0.25) is 0 Å². The monoisotopic (exact) mass is 550 g/mol. The molecule has 2 aliphatic rings. The van der Waals surface area contributed by atoms with E-state index in [2.05, 4.69) is 20.0 Å². The Bertz CT molecular complexity index is 1410. The molecule has 15 heteroatoms. The molecular formula is C23H28FN6O7P. The van der Waals surface area contributed by atoms with Crippen LogP contribution in [-0.2, 0) is 23.4 Å². The number of nitrogens with zero attached hydrogens (tertiary/aromatic N) is 4. The van der Waals surface area contributed by atoms with Crippen molar-refractivity contribution < 1.29 is 37.4 Å². The number of imidazole rings is 1. The van der Waals surface area contributed by atoms with Gasteiger partial charge in [0.25, 0.3) is 0 Å². The maximum absolute atomic E-state index is 16.3. The van der Waals surface area contributed by atoms with Crippen LogP contribution in [0.2, 0.25) is 0 Å². The highest BCUT2D eigenvalue weighted by Gasteiger charge is 2.85. The summed E-state index contributed by atoms with van der Waals surface area (Å²) in [6.07, 6.45) is -1.88. The van der Waals surface area contributed by atoms with Gasteiger partial charge in [0.05, 0.1) is 12.4 Å². The Morgan fingerprint density at radius 3 is 2.61 bits per heavy atom. The molecular weight excluding hydrogens is 522 g/mol. The van der Waals surface area contributed by atoms with E-state index in [0.29, 0.717) is 0 Å². The average molecular weight is 550 g/mol. The van der Waals surface area contributed by atoms with Crippen LogP contribution in [0.1, 0.15) is 33.9 Å². The molecule has 1 saturated carbocycles. The highest BCUT2D eigenvalue weighted by atomic mass is 31.2. The number of hydrogen-bond acceptors (Lipinski definition) is 11. The van der Waals surface area contributed by atoms with E-state index in [1.165, 1.54) is 36.3 Å². The molecule has 0 bridgehead atoms. The number of hydrogen-bond donors (Lipinski definition) is 3. The summed E-state index contributed by atoms with van der Waals surface area (Å²) >= 11 is 0. The van der Waals surface area contributed by atoms with Gasteiger partial charge >= 0.3 is 13.7 Å². The van der Waals surface area contributed by atoms with Gasteiger partial charge in [-0.15, -0.1) is 0 Å². The molecule has 204 valence electrons. The summed E-state index contributed by atoms with van der Waals surface area (Å²) in [5.74, 6) is -0.433. The van der Waals surface area contributed by atoms with Crippen LogP contribution in [0.15, 0.2) is 43.0 Å². The third-order valence-electron chi connectivity index (χ3n) is 6.47. The van der Waals surface area contributed by atoms with Crippen molar-refractivity contribution in [1.29, 1.82) is 0 Å². The van der Waals surface area contributed by atoms with Gasteiger partial charge in [-0.2, -0.15) is 5.09 Å². The summed E-state index contributed by atoms with van der Waals surface area (Å²) < 4.78 is 53.7. The molecule has 1 saturated heterocycles. The fraction of sp³-hybridized carbons (Fsp3) is 0.478. The summed E-state index contributed by atoms with van der Waals surface area (Å²) in [5, 5.41) is 13.9. The van der Waals surface area contributed by atoms with Crippen LogP contribution >= 0.6 is 7.75 Å². The number of nitrogens with one attached hydrogen (secondary N) is 1. The summed E-state index contributed by atoms with van der Waals surface area (Å²) in [7, 11) is -4.38.